The fourth-order valence-corrected chi connectivity index (χ4v) is 4.37. The lowest BCUT2D eigenvalue weighted by Gasteiger charge is -2.36. The molecular weight excluding hydrogens is 348 g/mol. The first-order valence-electron chi connectivity index (χ1n) is 11.5. The van der Waals surface area contributed by atoms with E-state index >= 15 is 0 Å². The maximum Gasteiger partial charge on any atom is 0.119 e. The van der Waals surface area contributed by atoms with Crippen LogP contribution in [-0.4, -0.2) is 61.3 Å². The Bertz CT molecular complexity index is 534. The van der Waals surface area contributed by atoms with E-state index in [0.717, 1.165) is 57.5 Å². The van der Waals surface area contributed by atoms with Gasteiger partial charge in [0.15, 0.2) is 0 Å². The summed E-state index contributed by atoms with van der Waals surface area (Å²) in [5, 5.41) is 0. The van der Waals surface area contributed by atoms with Crippen molar-refractivity contribution in [2.75, 3.05) is 39.4 Å². The average molecular weight is 389 g/mol. The number of rotatable bonds is 10. The first-order valence-corrected chi connectivity index (χ1v) is 11.5. The van der Waals surface area contributed by atoms with Gasteiger partial charge in [0.1, 0.15) is 11.9 Å². The molecular formula is C24H40N2O2. The predicted octanol–water partition coefficient (Wildman–Crippen LogP) is 4.72. The molecule has 0 bridgehead atoms. The van der Waals surface area contributed by atoms with Crippen LogP contribution in [0.5, 0.6) is 5.75 Å². The summed E-state index contributed by atoms with van der Waals surface area (Å²) in [7, 11) is 0. The monoisotopic (exact) mass is 388 g/mol. The van der Waals surface area contributed by atoms with Crippen molar-refractivity contribution in [3.63, 3.8) is 0 Å². The van der Waals surface area contributed by atoms with Crippen LogP contribution in [0, 0.1) is 0 Å². The molecule has 0 radical (unpaired) electrons. The Hall–Kier alpha value is -1.10. The Balaban J connectivity index is 1.36. The van der Waals surface area contributed by atoms with Gasteiger partial charge in [-0.15, -0.1) is 0 Å². The van der Waals surface area contributed by atoms with Crippen LogP contribution in [0.3, 0.4) is 0 Å². The van der Waals surface area contributed by atoms with Crippen molar-refractivity contribution in [3.05, 3.63) is 29.8 Å². The number of hydrogen-bond donors (Lipinski definition) is 0. The Morgan fingerprint density at radius 3 is 2.39 bits per heavy atom. The zero-order valence-electron chi connectivity index (χ0n) is 18.1. The molecule has 0 N–H and O–H groups in total. The highest BCUT2D eigenvalue weighted by atomic mass is 16.5. The third kappa shape index (κ3) is 7.06. The summed E-state index contributed by atoms with van der Waals surface area (Å²) in [6.07, 6.45) is 9.48. The molecule has 2 aliphatic rings. The van der Waals surface area contributed by atoms with Crippen LogP contribution >= 0.6 is 0 Å². The highest BCUT2D eigenvalue weighted by molar-refractivity contribution is 5.27. The summed E-state index contributed by atoms with van der Waals surface area (Å²) < 4.78 is 11.7. The van der Waals surface area contributed by atoms with E-state index in [1.807, 2.05) is 0 Å². The van der Waals surface area contributed by atoms with Gasteiger partial charge in [0, 0.05) is 38.8 Å². The summed E-state index contributed by atoms with van der Waals surface area (Å²) in [4.78, 5) is 5.12. The highest BCUT2D eigenvalue weighted by Crippen LogP contribution is 2.22. The van der Waals surface area contributed by atoms with Crippen LogP contribution in [0.15, 0.2) is 24.3 Å². The van der Waals surface area contributed by atoms with E-state index in [1.165, 1.54) is 50.8 Å². The molecule has 28 heavy (non-hydrogen) atoms. The molecule has 2 heterocycles. The third-order valence-electron chi connectivity index (χ3n) is 6.31. The average Bonchev–Trinajstić information content (AvgIpc) is 2.74. The van der Waals surface area contributed by atoms with E-state index in [4.69, 9.17) is 9.47 Å². The summed E-state index contributed by atoms with van der Waals surface area (Å²) >= 11 is 0. The van der Waals surface area contributed by atoms with Crippen molar-refractivity contribution in [1.82, 2.24) is 9.80 Å². The van der Waals surface area contributed by atoms with Crippen LogP contribution in [0.25, 0.3) is 0 Å². The Labute approximate surface area is 172 Å². The van der Waals surface area contributed by atoms with Gasteiger partial charge in [0.2, 0.25) is 0 Å². The molecule has 2 saturated heterocycles. The minimum atomic E-state index is 0.369. The third-order valence-corrected chi connectivity index (χ3v) is 6.31. The lowest BCUT2D eigenvalue weighted by molar-refractivity contribution is 0.0341. The molecule has 1 aromatic rings. The molecule has 158 valence electrons. The van der Waals surface area contributed by atoms with Crippen LogP contribution in [0.4, 0.5) is 0 Å². The van der Waals surface area contributed by atoms with Gasteiger partial charge in [-0.1, -0.05) is 44.7 Å². The molecule has 2 aliphatic heterocycles. The zero-order valence-corrected chi connectivity index (χ0v) is 18.1. The summed E-state index contributed by atoms with van der Waals surface area (Å²) in [6, 6.07) is 9.46. The predicted molar refractivity (Wildman–Crippen MR) is 116 cm³/mol. The van der Waals surface area contributed by atoms with Crippen molar-refractivity contribution in [3.8, 4) is 5.75 Å². The van der Waals surface area contributed by atoms with Gasteiger partial charge in [-0.2, -0.15) is 0 Å². The van der Waals surface area contributed by atoms with E-state index in [1.54, 1.807) is 0 Å². The zero-order chi connectivity index (χ0) is 19.6. The quantitative estimate of drug-likeness (QED) is 0.542. The second-order valence-electron chi connectivity index (χ2n) is 8.58. The van der Waals surface area contributed by atoms with Crippen LogP contribution in [0.1, 0.15) is 64.4 Å². The number of benzene rings is 1. The highest BCUT2D eigenvalue weighted by Gasteiger charge is 2.23. The normalized spacial score (nSPS) is 20.9. The number of ether oxygens (including phenoxy) is 2. The lowest BCUT2D eigenvalue weighted by atomic mass is 10.0. The number of hydrogen-bond acceptors (Lipinski definition) is 4. The number of nitrogens with zero attached hydrogens (tertiary/aromatic N) is 2. The Morgan fingerprint density at radius 2 is 1.71 bits per heavy atom. The maximum absolute atomic E-state index is 6.28. The lowest BCUT2D eigenvalue weighted by Crippen LogP contribution is -2.42. The number of unbranched alkanes of at least 4 members (excludes halogenated alkanes) is 3. The molecule has 0 saturated carbocycles. The SMILES string of the molecule is CCCCCCC(C)N1CCC(Oc2ccc(CN3CCOCC3)cc2)CC1. The summed E-state index contributed by atoms with van der Waals surface area (Å²) in [6.45, 7) is 11.8. The smallest absolute Gasteiger partial charge is 0.119 e. The summed E-state index contributed by atoms with van der Waals surface area (Å²) in [5.74, 6) is 1.02. The number of morpholine rings is 1. The van der Waals surface area contributed by atoms with Gasteiger partial charge in [0.25, 0.3) is 0 Å². The molecule has 0 amide bonds. The second-order valence-corrected chi connectivity index (χ2v) is 8.58. The topological polar surface area (TPSA) is 24.9 Å². The Kier molecular flexibility index (Phi) is 9.10. The fraction of sp³-hybridized carbons (Fsp3) is 0.750. The van der Waals surface area contributed by atoms with E-state index in [2.05, 4.69) is 47.9 Å². The standard InChI is InChI=1S/C24H40N2O2/c1-3-4-5-6-7-21(2)26-14-12-24(13-15-26)28-23-10-8-22(9-11-23)20-25-16-18-27-19-17-25/h8-11,21,24H,3-7,12-20H2,1-2H3. The van der Waals surface area contributed by atoms with Crippen molar-refractivity contribution >= 4 is 0 Å². The van der Waals surface area contributed by atoms with Crippen LogP contribution in [-0.2, 0) is 11.3 Å². The first kappa shape index (κ1) is 21.6. The van der Waals surface area contributed by atoms with Gasteiger partial charge < -0.3 is 14.4 Å². The molecule has 2 fully saturated rings. The van der Waals surface area contributed by atoms with Crippen LogP contribution < -0.4 is 4.74 Å². The molecule has 1 atom stereocenters. The van der Waals surface area contributed by atoms with E-state index < -0.39 is 0 Å². The molecule has 0 aromatic heterocycles. The van der Waals surface area contributed by atoms with Crippen molar-refractivity contribution in [2.24, 2.45) is 0 Å². The van der Waals surface area contributed by atoms with Gasteiger partial charge >= 0.3 is 0 Å². The minimum absolute atomic E-state index is 0.369. The van der Waals surface area contributed by atoms with Crippen molar-refractivity contribution < 1.29 is 9.47 Å². The van der Waals surface area contributed by atoms with Gasteiger partial charge in [-0.3, -0.25) is 4.90 Å². The Morgan fingerprint density at radius 1 is 1.00 bits per heavy atom. The minimum Gasteiger partial charge on any atom is -0.490 e. The number of piperidine rings is 1. The van der Waals surface area contributed by atoms with Gasteiger partial charge in [-0.05, 0) is 43.9 Å². The van der Waals surface area contributed by atoms with Gasteiger partial charge in [0.05, 0.1) is 13.2 Å². The van der Waals surface area contributed by atoms with Gasteiger partial charge in [-0.25, -0.2) is 0 Å². The number of likely N-dealkylation sites (tertiary alicyclic amines) is 1. The molecule has 1 unspecified atom stereocenters. The van der Waals surface area contributed by atoms with Crippen molar-refractivity contribution in [1.29, 1.82) is 0 Å². The largest absolute Gasteiger partial charge is 0.490 e. The van der Waals surface area contributed by atoms with E-state index in [0.29, 0.717) is 6.10 Å². The maximum atomic E-state index is 6.28. The van der Waals surface area contributed by atoms with Crippen molar-refractivity contribution in [2.45, 2.75) is 77.5 Å². The molecule has 4 heteroatoms. The molecule has 4 nitrogen and oxygen atoms in total. The molecule has 3 rings (SSSR count). The van der Waals surface area contributed by atoms with E-state index in [-0.39, 0.29) is 0 Å². The molecule has 1 aromatic carbocycles. The van der Waals surface area contributed by atoms with Crippen LogP contribution in [0.2, 0.25) is 0 Å². The fourth-order valence-electron chi connectivity index (χ4n) is 4.37. The second kappa shape index (κ2) is 11.8. The molecule has 0 aliphatic carbocycles. The first-order chi connectivity index (χ1) is 13.7. The summed E-state index contributed by atoms with van der Waals surface area (Å²) in [5.41, 5.74) is 1.36. The molecule has 0 spiro atoms. The van der Waals surface area contributed by atoms with E-state index in [9.17, 15) is 0 Å².